The highest BCUT2D eigenvalue weighted by Gasteiger charge is 2.17. The molecule has 108 valence electrons. The molecule has 0 unspecified atom stereocenters. The van der Waals surface area contributed by atoms with E-state index in [1.54, 1.807) is 6.20 Å². The van der Waals surface area contributed by atoms with Crippen LogP contribution in [0.1, 0.15) is 12.0 Å². The Balaban J connectivity index is 1.63. The van der Waals surface area contributed by atoms with Crippen LogP contribution >= 0.6 is 0 Å². The van der Waals surface area contributed by atoms with Gasteiger partial charge in [0.15, 0.2) is 0 Å². The molecule has 2 atom stereocenters. The first-order chi connectivity index (χ1) is 10.3. The molecule has 2 N–H and O–H groups in total. The minimum atomic E-state index is 0.241. The molecule has 3 heteroatoms. The van der Waals surface area contributed by atoms with Gasteiger partial charge in [0, 0.05) is 37.5 Å². The Labute approximate surface area is 125 Å². The third-order valence-corrected chi connectivity index (χ3v) is 3.90. The number of hydrogen-bond donors (Lipinski definition) is 2. The molecule has 0 spiro atoms. The normalized spacial score (nSPS) is 20.8. The standard InChI is InChI=1S/C18H20N2O/c21-13-15-6-7-18(10-15)20-11-14-3-1-4-16(9-14)17-5-2-8-19-12-17/h1-9,12,15,18,20-21H,10-11,13H2/t15-,18+/m0/s1. The lowest BCUT2D eigenvalue weighted by atomic mass is 10.0. The van der Waals surface area contributed by atoms with Gasteiger partial charge in [-0.1, -0.05) is 36.4 Å². The molecular weight excluding hydrogens is 260 g/mol. The van der Waals surface area contributed by atoms with E-state index < -0.39 is 0 Å². The monoisotopic (exact) mass is 280 g/mol. The van der Waals surface area contributed by atoms with E-state index in [1.807, 2.05) is 12.3 Å². The highest BCUT2D eigenvalue weighted by Crippen LogP contribution is 2.20. The quantitative estimate of drug-likeness (QED) is 0.828. The predicted molar refractivity (Wildman–Crippen MR) is 84.6 cm³/mol. The molecule has 1 aromatic heterocycles. The van der Waals surface area contributed by atoms with Crippen LogP contribution in [0.15, 0.2) is 60.9 Å². The van der Waals surface area contributed by atoms with Crippen molar-refractivity contribution in [1.82, 2.24) is 10.3 Å². The maximum atomic E-state index is 9.15. The second-order valence-electron chi connectivity index (χ2n) is 5.49. The fraction of sp³-hybridized carbons (Fsp3) is 0.278. The Kier molecular flexibility index (Phi) is 4.43. The Morgan fingerprint density at radius 3 is 2.81 bits per heavy atom. The summed E-state index contributed by atoms with van der Waals surface area (Å²) in [7, 11) is 0. The van der Waals surface area contributed by atoms with Crippen LogP contribution in [-0.2, 0) is 6.54 Å². The van der Waals surface area contributed by atoms with Crippen LogP contribution in [0.25, 0.3) is 11.1 Å². The molecule has 21 heavy (non-hydrogen) atoms. The van der Waals surface area contributed by atoms with Gasteiger partial charge in [-0.15, -0.1) is 0 Å². The third kappa shape index (κ3) is 3.57. The third-order valence-electron chi connectivity index (χ3n) is 3.90. The number of aromatic nitrogens is 1. The summed E-state index contributed by atoms with van der Waals surface area (Å²) in [6.45, 7) is 1.08. The van der Waals surface area contributed by atoms with E-state index in [9.17, 15) is 0 Å². The lowest BCUT2D eigenvalue weighted by molar-refractivity contribution is 0.246. The average molecular weight is 280 g/mol. The molecule has 0 radical (unpaired) electrons. The summed E-state index contributed by atoms with van der Waals surface area (Å²) >= 11 is 0. The van der Waals surface area contributed by atoms with Gasteiger partial charge in [-0.05, 0) is 35.2 Å². The van der Waals surface area contributed by atoms with Gasteiger partial charge in [-0.3, -0.25) is 4.98 Å². The van der Waals surface area contributed by atoms with Gasteiger partial charge in [0.25, 0.3) is 0 Å². The van der Waals surface area contributed by atoms with Crippen LogP contribution in [0.5, 0.6) is 0 Å². The Morgan fingerprint density at radius 1 is 1.14 bits per heavy atom. The number of nitrogens with zero attached hydrogens (tertiary/aromatic N) is 1. The van der Waals surface area contributed by atoms with Gasteiger partial charge in [-0.25, -0.2) is 0 Å². The van der Waals surface area contributed by atoms with Crippen LogP contribution in [0.3, 0.4) is 0 Å². The summed E-state index contributed by atoms with van der Waals surface area (Å²) in [6.07, 6.45) is 8.92. The molecule has 0 fully saturated rings. The van der Waals surface area contributed by atoms with Crippen molar-refractivity contribution in [3.8, 4) is 11.1 Å². The van der Waals surface area contributed by atoms with Crippen molar-refractivity contribution in [1.29, 1.82) is 0 Å². The van der Waals surface area contributed by atoms with Crippen molar-refractivity contribution in [3.05, 3.63) is 66.5 Å². The molecule has 0 aliphatic heterocycles. The van der Waals surface area contributed by atoms with Gasteiger partial charge in [0.1, 0.15) is 0 Å². The number of aliphatic hydroxyl groups excluding tert-OH is 1. The molecule has 1 aliphatic rings. The number of hydrogen-bond acceptors (Lipinski definition) is 3. The number of aliphatic hydroxyl groups is 1. The molecule has 1 aromatic carbocycles. The van der Waals surface area contributed by atoms with Crippen LogP contribution in [-0.4, -0.2) is 22.7 Å². The van der Waals surface area contributed by atoms with Crippen LogP contribution in [0.2, 0.25) is 0 Å². The molecule has 1 heterocycles. The summed E-state index contributed by atoms with van der Waals surface area (Å²) in [4.78, 5) is 4.17. The largest absolute Gasteiger partial charge is 0.396 e. The first-order valence-electron chi connectivity index (χ1n) is 7.37. The van der Waals surface area contributed by atoms with Crippen LogP contribution < -0.4 is 5.32 Å². The first-order valence-corrected chi connectivity index (χ1v) is 7.37. The average Bonchev–Trinajstić information content (AvgIpc) is 3.02. The topological polar surface area (TPSA) is 45.1 Å². The molecule has 0 saturated heterocycles. The number of benzene rings is 1. The highest BCUT2D eigenvalue weighted by molar-refractivity contribution is 5.62. The Morgan fingerprint density at radius 2 is 2.05 bits per heavy atom. The molecule has 3 rings (SSSR count). The van der Waals surface area contributed by atoms with E-state index in [4.69, 9.17) is 5.11 Å². The molecular formula is C18H20N2O. The Bertz CT molecular complexity index is 610. The highest BCUT2D eigenvalue weighted by atomic mass is 16.3. The maximum absolute atomic E-state index is 9.15. The van der Waals surface area contributed by atoms with Gasteiger partial charge < -0.3 is 10.4 Å². The molecule has 2 aromatic rings. The van der Waals surface area contributed by atoms with E-state index in [0.717, 1.165) is 18.5 Å². The first kappa shape index (κ1) is 14.0. The van der Waals surface area contributed by atoms with E-state index in [-0.39, 0.29) is 6.61 Å². The fourth-order valence-electron chi connectivity index (χ4n) is 2.70. The van der Waals surface area contributed by atoms with Gasteiger partial charge in [0.05, 0.1) is 0 Å². The smallest absolute Gasteiger partial charge is 0.0494 e. The number of nitrogens with one attached hydrogen (secondary N) is 1. The lowest BCUT2D eigenvalue weighted by Crippen LogP contribution is -2.26. The molecule has 1 aliphatic carbocycles. The summed E-state index contributed by atoms with van der Waals surface area (Å²) in [5, 5.41) is 12.7. The zero-order chi connectivity index (χ0) is 14.5. The maximum Gasteiger partial charge on any atom is 0.0494 e. The molecule has 0 saturated carbocycles. The van der Waals surface area contributed by atoms with Crippen LogP contribution in [0, 0.1) is 5.92 Å². The van der Waals surface area contributed by atoms with E-state index >= 15 is 0 Å². The van der Waals surface area contributed by atoms with Crippen molar-refractivity contribution in [2.45, 2.75) is 19.0 Å². The van der Waals surface area contributed by atoms with Gasteiger partial charge >= 0.3 is 0 Å². The van der Waals surface area contributed by atoms with Crippen LogP contribution in [0.4, 0.5) is 0 Å². The van der Waals surface area contributed by atoms with E-state index in [2.05, 4.69) is 52.8 Å². The lowest BCUT2D eigenvalue weighted by Gasteiger charge is -2.13. The summed E-state index contributed by atoms with van der Waals surface area (Å²) in [5.41, 5.74) is 3.59. The van der Waals surface area contributed by atoms with Crippen molar-refractivity contribution < 1.29 is 5.11 Å². The van der Waals surface area contributed by atoms with Gasteiger partial charge in [0.2, 0.25) is 0 Å². The second-order valence-corrected chi connectivity index (χ2v) is 5.49. The molecule has 0 amide bonds. The minimum absolute atomic E-state index is 0.241. The van der Waals surface area contributed by atoms with Crippen molar-refractivity contribution in [3.63, 3.8) is 0 Å². The van der Waals surface area contributed by atoms with Gasteiger partial charge in [-0.2, -0.15) is 0 Å². The molecule has 3 nitrogen and oxygen atoms in total. The summed E-state index contributed by atoms with van der Waals surface area (Å²) in [6, 6.07) is 12.9. The van der Waals surface area contributed by atoms with Crippen molar-refractivity contribution in [2.24, 2.45) is 5.92 Å². The van der Waals surface area contributed by atoms with E-state index in [1.165, 1.54) is 11.1 Å². The zero-order valence-electron chi connectivity index (χ0n) is 11.9. The summed E-state index contributed by atoms with van der Waals surface area (Å²) < 4.78 is 0. The number of rotatable bonds is 5. The summed E-state index contributed by atoms with van der Waals surface area (Å²) in [5.74, 6) is 0.309. The minimum Gasteiger partial charge on any atom is -0.396 e. The fourth-order valence-corrected chi connectivity index (χ4v) is 2.70. The van der Waals surface area contributed by atoms with Crippen molar-refractivity contribution >= 4 is 0 Å². The second kappa shape index (κ2) is 6.66. The SMILES string of the molecule is OC[C@H]1C=C[C@@H](NCc2cccc(-c3cccnc3)c2)C1. The molecule has 0 bridgehead atoms. The van der Waals surface area contributed by atoms with E-state index in [0.29, 0.717) is 12.0 Å². The van der Waals surface area contributed by atoms with Crippen molar-refractivity contribution in [2.75, 3.05) is 6.61 Å². The Hall–Kier alpha value is -1.97. The number of pyridine rings is 1. The zero-order valence-corrected chi connectivity index (χ0v) is 11.9. The predicted octanol–water partition coefficient (Wildman–Crippen LogP) is 2.78.